The molecule has 2 heterocycles. The lowest BCUT2D eigenvalue weighted by molar-refractivity contribution is 0.229. The molecule has 0 unspecified atom stereocenters. The molecule has 0 fully saturated rings. The maximum absolute atomic E-state index is 5.83. The molecule has 25 heavy (non-hydrogen) atoms. The first-order chi connectivity index (χ1) is 12.0. The van der Waals surface area contributed by atoms with Gasteiger partial charge in [0.25, 0.3) is 0 Å². The fraction of sp³-hybridized carbons (Fsp3) is 0.200. The fourth-order valence-corrected chi connectivity index (χ4v) is 2.35. The van der Waals surface area contributed by atoms with Crippen molar-refractivity contribution in [2.45, 2.75) is 13.8 Å². The Bertz CT molecular complexity index is 930. The molecule has 0 aliphatic rings. The third kappa shape index (κ3) is 4.20. The van der Waals surface area contributed by atoms with Crippen molar-refractivity contribution in [3.05, 3.63) is 53.9 Å². The Labute approximate surface area is 152 Å². The molecule has 3 aromatic rings. The molecule has 1 N–H and O–H groups in total. The number of hydrogen-bond acceptors (Lipinski definition) is 4. The van der Waals surface area contributed by atoms with Crippen molar-refractivity contribution in [3.8, 4) is 18.1 Å². The van der Waals surface area contributed by atoms with Gasteiger partial charge in [-0.05, 0) is 55.6 Å². The van der Waals surface area contributed by atoms with Crippen LogP contribution in [0.2, 0.25) is 5.15 Å². The number of anilines is 2. The number of pyridine rings is 2. The molecule has 0 aliphatic heterocycles. The molecule has 0 saturated carbocycles. The van der Waals surface area contributed by atoms with Crippen LogP contribution >= 0.6 is 11.6 Å². The lowest BCUT2D eigenvalue weighted by atomic mass is 9.96. The number of benzene rings is 1. The quantitative estimate of drug-likeness (QED) is 0.515. The Kier molecular flexibility index (Phi) is 4.78. The Morgan fingerprint density at radius 2 is 2.04 bits per heavy atom. The highest BCUT2D eigenvalue weighted by Gasteiger charge is 2.15. The minimum absolute atomic E-state index is 0.304. The van der Waals surface area contributed by atoms with Gasteiger partial charge < -0.3 is 10.1 Å². The fourth-order valence-electron chi connectivity index (χ4n) is 2.24. The summed E-state index contributed by atoms with van der Waals surface area (Å²) < 4.78 is 5.83. The molecule has 0 radical (unpaired) electrons. The zero-order valence-corrected chi connectivity index (χ0v) is 14.8. The van der Waals surface area contributed by atoms with Gasteiger partial charge in [-0.1, -0.05) is 17.5 Å². The molecule has 5 heteroatoms. The number of hydrogen-bond donors (Lipinski definition) is 1. The largest absolute Gasteiger partial charge is 0.492 e. The normalized spacial score (nSPS) is 11.1. The minimum atomic E-state index is -0.304. The molecule has 0 spiro atoms. The van der Waals surface area contributed by atoms with Crippen LogP contribution in [0.5, 0.6) is 5.75 Å². The predicted molar refractivity (Wildman–Crippen MR) is 102 cm³/mol. The summed E-state index contributed by atoms with van der Waals surface area (Å²) in [7, 11) is 0. The van der Waals surface area contributed by atoms with Crippen molar-refractivity contribution < 1.29 is 4.74 Å². The number of ether oxygens (including phenoxy) is 1. The molecule has 3 rings (SSSR count). The van der Waals surface area contributed by atoms with Crippen LogP contribution in [0.4, 0.5) is 11.5 Å². The zero-order valence-electron chi connectivity index (χ0n) is 14.1. The standard InChI is InChI=1S/C20H18ClN3O/c1-4-20(2,3)13-25-16-6-7-17-14(11-16)9-10-22-19(17)24-15-5-8-18(21)23-12-15/h1,5-12H,13H2,2-3H3,(H,22,24). The molecule has 0 atom stereocenters. The van der Waals surface area contributed by atoms with Crippen LogP contribution in [0, 0.1) is 17.8 Å². The van der Waals surface area contributed by atoms with Gasteiger partial charge in [0.2, 0.25) is 0 Å². The van der Waals surface area contributed by atoms with Crippen LogP contribution in [0.3, 0.4) is 0 Å². The van der Waals surface area contributed by atoms with Gasteiger partial charge in [0.15, 0.2) is 0 Å². The van der Waals surface area contributed by atoms with E-state index in [4.69, 9.17) is 22.8 Å². The van der Waals surface area contributed by atoms with E-state index in [1.54, 1.807) is 18.5 Å². The maximum Gasteiger partial charge on any atom is 0.138 e. The van der Waals surface area contributed by atoms with Crippen molar-refractivity contribution >= 4 is 33.9 Å². The Hall–Kier alpha value is -2.77. The molecule has 4 nitrogen and oxygen atoms in total. The number of nitrogens with zero attached hydrogens (tertiary/aromatic N) is 2. The molecule has 0 aliphatic carbocycles. The summed E-state index contributed by atoms with van der Waals surface area (Å²) in [5.41, 5.74) is 0.516. The van der Waals surface area contributed by atoms with Crippen LogP contribution in [0.1, 0.15) is 13.8 Å². The Morgan fingerprint density at radius 3 is 2.76 bits per heavy atom. The van der Waals surface area contributed by atoms with Crippen LogP contribution in [-0.4, -0.2) is 16.6 Å². The highest BCUT2D eigenvalue weighted by Crippen LogP contribution is 2.28. The number of rotatable bonds is 5. The van der Waals surface area contributed by atoms with E-state index < -0.39 is 0 Å². The van der Waals surface area contributed by atoms with Gasteiger partial charge in [-0.15, -0.1) is 6.42 Å². The van der Waals surface area contributed by atoms with Crippen molar-refractivity contribution in [3.63, 3.8) is 0 Å². The number of nitrogens with one attached hydrogen (secondary N) is 1. The summed E-state index contributed by atoms with van der Waals surface area (Å²) >= 11 is 5.82. The predicted octanol–water partition coefficient (Wildman–Crippen LogP) is 5.07. The van der Waals surface area contributed by atoms with E-state index in [-0.39, 0.29) is 5.41 Å². The average molecular weight is 352 g/mol. The van der Waals surface area contributed by atoms with Crippen LogP contribution in [-0.2, 0) is 0 Å². The Balaban J connectivity index is 1.85. The van der Waals surface area contributed by atoms with E-state index in [0.29, 0.717) is 11.8 Å². The van der Waals surface area contributed by atoms with E-state index >= 15 is 0 Å². The number of aromatic nitrogens is 2. The van der Waals surface area contributed by atoms with Gasteiger partial charge >= 0.3 is 0 Å². The summed E-state index contributed by atoms with van der Waals surface area (Å²) in [6.07, 6.45) is 8.93. The summed E-state index contributed by atoms with van der Waals surface area (Å²) in [4.78, 5) is 8.48. The summed E-state index contributed by atoms with van der Waals surface area (Å²) in [5.74, 6) is 4.25. The highest BCUT2D eigenvalue weighted by atomic mass is 35.5. The van der Waals surface area contributed by atoms with E-state index in [0.717, 1.165) is 28.0 Å². The first-order valence-electron chi connectivity index (χ1n) is 7.85. The first kappa shape index (κ1) is 17.1. The number of halogens is 1. The van der Waals surface area contributed by atoms with Gasteiger partial charge in [-0.3, -0.25) is 0 Å². The van der Waals surface area contributed by atoms with Crippen molar-refractivity contribution in [2.75, 3.05) is 11.9 Å². The summed E-state index contributed by atoms with van der Waals surface area (Å²) in [6.45, 7) is 4.40. The SMILES string of the molecule is C#CC(C)(C)COc1ccc2c(Nc3ccc(Cl)nc3)nccc2c1. The van der Waals surface area contributed by atoms with Gasteiger partial charge in [-0.25, -0.2) is 9.97 Å². The Morgan fingerprint density at radius 1 is 1.20 bits per heavy atom. The lowest BCUT2D eigenvalue weighted by Crippen LogP contribution is -2.18. The average Bonchev–Trinajstić information content (AvgIpc) is 2.62. The second-order valence-electron chi connectivity index (χ2n) is 6.35. The van der Waals surface area contributed by atoms with Gasteiger partial charge in [0, 0.05) is 11.6 Å². The van der Waals surface area contributed by atoms with Crippen LogP contribution < -0.4 is 10.1 Å². The molecule has 1 aromatic carbocycles. The van der Waals surface area contributed by atoms with Crippen LogP contribution in [0.25, 0.3) is 10.8 Å². The van der Waals surface area contributed by atoms with Gasteiger partial charge in [-0.2, -0.15) is 0 Å². The van der Waals surface area contributed by atoms with Crippen molar-refractivity contribution in [2.24, 2.45) is 5.41 Å². The van der Waals surface area contributed by atoms with Crippen molar-refractivity contribution in [1.29, 1.82) is 0 Å². The molecule has 0 saturated heterocycles. The molecule has 126 valence electrons. The van der Waals surface area contributed by atoms with E-state index in [2.05, 4.69) is 21.2 Å². The zero-order chi connectivity index (χ0) is 17.9. The third-order valence-electron chi connectivity index (χ3n) is 3.72. The second kappa shape index (κ2) is 7.00. The molecular formula is C20H18ClN3O. The van der Waals surface area contributed by atoms with E-state index in [9.17, 15) is 0 Å². The molecule has 0 bridgehead atoms. The number of fused-ring (bicyclic) bond motifs is 1. The lowest BCUT2D eigenvalue weighted by Gasteiger charge is -2.18. The topological polar surface area (TPSA) is 47.0 Å². The third-order valence-corrected chi connectivity index (χ3v) is 3.94. The molecular weight excluding hydrogens is 334 g/mol. The monoisotopic (exact) mass is 351 g/mol. The number of terminal acetylenes is 1. The minimum Gasteiger partial charge on any atom is -0.492 e. The maximum atomic E-state index is 5.83. The van der Waals surface area contributed by atoms with Gasteiger partial charge in [0.1, 0.15) is 23.3 Å². The van der Waals surface area contributed by atoms with Crippen LogP contribution in [0.15, 0.2) is 48.8 Å². The molecule has 0 amide bonds. The second-order valence-corrected chi connectivity index (χ2v) is 6.74. The van der Waals surface area contributed by atoms with E-state index in [1.807, 2.05) is 44.2 Å². The van der Waals surface area contributed by atoms with Gasteiger partial charge in [0.05, 0.1) is 17.3 Å². The van der Waals surface area contributed by atoms with Crippen molar-refractivity contribution in [1.82, 2.24) is 9.97 Å². The molecule has 2 aromatic heterocycles. The smallest absolute Gasteiger partial charge is 0.138 e. The summed E-state index contributed by atoms with van der Waals surface area (Å²) in [6, 6.07) is 11.4. The van der Waals surface area contributed by atoms with E-state index in [1.165, 1.54) is 0 Å². The first-order valence-corrected chi connectivity index (χ1v) is 8.22. The summed E-state index contributed by atoms with van der Waals surface area (Å²) in [5, 5.41) is 5.72. The highest BCUT2D eigenvalue weighted by molar-refractivity contribution is 6.29.